The summed E-state index contributed by atoms with van der Waals surface area (Å²) in [6.07, 6.45) is 0.867. The van der Waals surface area contributed by atoms with Gasteiger partial charge in [-0.15, -0.1) is 0 Å². The van der Waals surface area contributed by atoms with Crippen molar-refractivity contribution in [1.29, 1.82) is 0 Å². The van der Waals surface area contributed by atoms with Crippen molar-refractivity contribution in [3.8, 4) is 0 Å². The fourth-order valence-corrected chi connectivity index (χ4v) is 2.23. The van der Waals surface area contributed by atoms with Gasteiger partial charge in [0.1, 0.15) is 22.3 Å². The summed E-state index contributed by atoms with van der Waals surface area (Å²) in [7, 11) is 1.98. The van der Waals surface area contributed by atoms with Gasteiger partial charge in [0.05, 0.1) is 0 Å². The summed E-state index contributed by atoms with van der Waals surface area (Å²) < 4.78 is 27.6. The van der Waals surface area contributed by atoms with Crippen molar-refractivity contribution in [2.45, 2.75) is 12.5 Å². The Morgan fingerprint density at radius 1 is 1.44 bits per heavy atom. The molecule has 1 aliphatic heterocycles. The molecule has 1 fully saturated rings. The van der Waals surface area contributed by atoms with Crippen molar-refractivity contribution in [1.82, 2.24) is 4.90 Å². The van der Waals surface area contributed by atoms with Crippen molar-refractivity contribution in [3.63, 3.8) is 0 Å². The van der Waals surface area contributed by atoms with Crippen LogP contribution in [0.25, 0.3) is 0 Å². The van der Waals surface area contributed by atoms with Gasteiger partial charge in [0.2, 0.25) is 0 Å². The maximum atomic E-state index is 13.8. The van der Waals surface area contributed by atoms with E-state index in [1.54, 1.807) is 0 Å². The lowest BCUT2D eigenvalue weighted by molar-refractivity contribution is 0.413. The number of nitrogens with one attached hydrogen (secondary N) is 1. The number of hydrogen-bond acceptors (Lipinski definition) is 3. The zero-order valence-electron chi connectivity index (χ0n) is 10.0. The first kappa shape index (κ1) is 13.2. The molecule has 1 unspecified atom stereocenters. The molecule has 1 saturated heterocycles. The van der Waals surface area contributed by atoms with Crippen LogP contribution in [-0.4, -0.2) is 36.1 Å². The van der Waals surface area contributed by atoms with E-state index in [1.807, 2.05) is 7.05 Å². The molecular formula is C12H15F2N3S. The summed E-state index contributed by atoms with van der Waals surface area (Å²) >= 11 is 4.70. The van der Waals surface area contributed by atoms with Gasteiger partial charge in [-0.05, 0) is 32.1 Å². The molecule has 18 heavy (non-hydrogen) atoms. The number of nitrogens with two attached hydrogens (primary N) is 1. The highest BCUT2D eigenvalue weighted by atomic mass is 32.1. The van der Waals surface area contributed by atoms with Crippen LogP contribution in [0.4, 0.5) is 14.5 Å². The second kappa shape index (κ2) is 5.16. The monoisotopic (exact) mass is 271 g/mol. The molecule has 0 saturated carbocycles. The van der Waals surface area contributed by atoms with Crippen molar-refractivity contribution in [3.05, 3.63) is 29.3 Å². The van der Waals surface area contributed by atoms with Crippen molar-refractivity contribution in [2.24, 2.45) is 5.73 Å². The third kappa shape index (κ3) is 2.76. The fourth-order valence-electron chi connectivity index (χ4n) is 2.11. The van der Waals surface area contributed by atoms with Crippen molar-refractivity contribution >= 4 is 22.9 Å². The fraction of sp³-hybridized carbons (Fsp3) is 0.417. The number of rotatable bonds is 3. The van der Waals surface area contributed by atoms with E-state index in [1.165, 1.54) is 0 Å². The van der Waals surface area contributed by atoms with Gasteiger partial charge in [0.25, 0.3) is 0 Å². The van der Waals surface area contributed by atoms with Gasteiger partial charge >= 0.3 is 0 Å². The average molecular weight is 271 g/mol. The lowest BCUT2D eigenvalue weighted by Gasteiger charge is -2.16. The van der Waals surface area contributed by atoms with Crippen LogP contribution in [0.5, 0.6) is 0 Å². The number of benzene rings is 1. The Bertz CT molecular complexity index is 455. The molecule has 0 amide bonds. The quantitative estimate of drug-likeness (QED) is 0.821. The van der Waals surface area contributed by atoms with Crippen LogP contribution in [-0.2, 0) is 0 Å². The van der Waals surface area contributed by atoms with Crippen LogP contribution in [0.3, 0.4) is 0 Å². The molecule has 1 aliphatic rings. The molecule has 1 aromatic carbocycles. The molecule has 98 valence electrons. The molecule has 6 heteroatoms. The number of likely N-dealkylation sites (tertiary alicyclic amines) is 1. The molecule has 1 heterocycles. The molecule has 0 radical (unpaired) electrons. The Labute approximate surface area is 110 Å². The van der Waals surface area contributed by atoms with E-state index in [0.717, 1.165) is 31.6 Å². The molecule has 0 aromatic heterocycles. The van der Waals surface area contributed by atoms with E-state index in [2.05, 4.69) is 10.2 Å². The van der Waals surface area contributed by atoms with E-state index in [0.29, 0.717) is 0 Å². The van der Waals surface area contributed by atoms with Gasteiger partial charge in [-0.25, -0.2) is 8.78 Å². The minimum absolute atomic E-state index is 0.0139. The minimum Gasteiger partial charge on any atom is -0.389 e. The van der Waals surface area contributed by atoms with Gasteiger partial charge in [-0.1, -0.05) is 12.2 Å². The molecule has 3 N–H and O–H groups in total. The van der Waals surface area contributed by atoms with Gasteiger partial charge in [0.15, 0.2) is 0 Å². The zero-order valence-corrected chi connectivity index (χ0v) is 10.9. The first-order valence-corrected chi connectivity index (χ1v) is 6.12. The van der Waals surface area contributed by atoms with Gasteiger partial charge < -0.3 is 16.0 Å². The topological polar surface area (TPSA) is 41.3 Å². The Hall–Kier alpha value is -1.27. The van der Waals surface area contributed by atoms with Crippen LogP contribution < -0.4 is 11.1 Å². The Balaban J connectivity index is 2.20. The highest BCUT2D eigenvalue weighted by Crippen LogP contribution is 2.23. The Kier molecular flexibility index (Phi) is 3.77. The molecule has 3 nitrogen and oxygen atoms in total. The summed E-state index contributed by atoms with van der Waals surface area (Å²) in [5.74, 6) is -1.32. The SMILES string of the molecule is CN1CCC(Nc2c(F)cc(C(N)=S)cc2F)C1. The first-order valence-electron chi connectivity index (χ1n) is 5.71. The summed E-state index contributed by atoms with van der Waals surface area (Å²) in [4.78, 5) is 2.09. The summed E-state index contributed by atoms with van der Waals surface area (Å²) in [5.41, 5.74) is 5.46. The average Bonchev–Trinajstić information content (AvgIpc) is 2.69. The highest BCUT2D eigenvalue weighted by molar-refractivity contribution is 7.80. The number of thiocarbonyl (C=S) groups is 1. The number of halogens is 2. The molecule has 2 rings (SSSR count). The van der Waals surface area contributed by atoms with Crippen LogP contribution >= 0.6 is 12.2 Å². The summed E-state index contributed by atoms with van der Waals surface area (Å²) in [6.45, 7) is 1.70. The van der Waals surface area contributed by atoms with E-state index >= 15 is 0 Å². The largest absolute Gasteiger partial charge is 0.389 e. The smallest absolute Gasteiger partial charge is 0.150 e. The molecule has 0 spiro atoms. The second-order valence-electron chi connectivity index (χ2n) is 4.57. The van der Waals surface area contributed by atoms with E-state index in [-0.39, 0.29) is 22.3 Å². The van der Waals surface area contributed by atoms with Crippen molar-refractivity contribution in [2.75, 3.05) is 25.5 Å². The maximum absolute atomic E-state index is 13.8. The predicted octanol–water partition coefficient (Wildman–Crippen LogP) is 1.72. The number of nitrogens with zero attached hydrogens (tertiary/aromatic N) is 1. The number of hydrogen-bond donors (Lipinski definition) is 2. The molecule has 1 atom stereocenters. The Morgan fingerprint density at radius 3 is 2.50 bits per heavy atom. The van der Waals surface area contributed by atoms with Crippen molar-refractivity contribution < 1.29 is 8.78 Å². The van der Waals surface area contributed by atoms with Gasteiger partial charge in [0, 0.05) is 18.2 Å². The third-order valence-electron chi connectivity index (χ3n) is 3.07. The minimum atomic E-state index is -0.660. The van der Waals surface area contributed by atoms with Crippen LogP contribution in [0.2, 0.25) is 0 Å². The lowest BCUT2D eigenvalue weighted by atomic mass is 10.1. The van der Waals surface area contributed by atoms with Crippen LogP contribution in [0, 0.1) is 11.6 Å². The second-order valence-corrected chi connectivity index (χ2v) is 5.01. The van der Waals surface area contributed by atoms with Gasteiger partial charge in [-0.3, -0.25) is 0 Å². The third-order valence-corrected chi connectivity index (χ3v) is 3.30. The van der Waals surface area contributed by atoms with Crippen LogP contribution in [0.15, 0.2) is 12.1 Å². The van der Waals surface area contributed by atoms with Gasteiger partial charge in [-0.2, -0.15) is 0 Å². The standard InChI is InChI=1S/C12H15F2N3S/c1-17-3-2-8(6-17)16-11-9(13)4-7(12(15)18)5-10(11)14/h4-5,8,16H,2-3,6H2,1H3,(H2,15,18). The highest BCUT2D eigenvalue weighted by Gasteiger charge is 2.22. The molecule has 0 bridgehead atoms. The lowest BCUT2D eigenvalue weighted by Crippen LogP contribution is -2.24. The summed E-state index contributed by atoms with van der Waals surface area (Å²) in [5, 5.41) is 2.90. The van der Waals surface area contributed by atoms with Crippen LogP contribution in [0.1, 0.15) is 12.0 Å². The predicted molar refractivity (Wildman–Crippen MR) is 71.8 cm³/mol. The number of anilines is 1. The van der Waals surface area contributed by atoms with E-state index in [4.69, 9.17) is 18.0 Å². The van der Waals surface area contributed by atoms with E-state index < -0.39 is 11.6 Å². The van der Waals surface area contributed by atoms with E-state index in [9.17, 15) is 8.78 Å². The molecular weight excluding hydrogens is 256 g/mol. The maximum Gasteiger partial charge on any atom is 0.150 e. The Morgan fingerprint density at radius 2 is 2.06 bits per heavy atom. The zero-order chi connectivity index (χ0) is 13.3. The molecule has 1 aromatic rings. The molecule has 0 aliphatic carbocycles. The number of likely N-dealkylation sites (N-methyl/N-ethyl adjacent to an activating group) is 1. The normalized spacial score (nSPS) is 20.1. The first-order chi connectivity index (χ1) is 8.47. The summed E-state index contributed by atoms with van der Waals surface area (Å²) in [6, 6.07) is 2.38.